The Hall–Kier alpha value is -2.54. The highest BCUT2D eigenvalue weighted by Gasteiger charge is 2.24. The average molecular weight is 344 g/mol. The lowest BCUT2D eigenvalue weighted by Gasteiger charge is -2.32. The SMILES string of the molecule is CN(CCO)c1ccc(NC2CCN(C(=O)c3ccoc3)CC2)nc1. The zero-order valence-corrected chi connectivity index (χ0v) is 14.4. The summed E-state index contributed by atoms with van der Waals surface area (Å²) in [6.07, 6.45) is 6.59. The van der Waals surface area contributed by atoms with E-state index in [1.807, 2.05) is 29.0 Å². The van der Waals surface area contributed by atoms with Gasteiger partial charge in [-0.2, -0.15) is 0 Å². The smallest absolute Gasteiger partial charge is 0.257 e. The molecule has 1 amide bonds. The summed E-state index contributed by atoms with van der Waals surface area (Å²) in [5, 5.41) is 12.4. The Morgan fingerprint density at radius 2 is 2.20 bits per heavy atom. The van der Waals surface area contributed by atoms with Gasteiger partial charge in [-0.15, -0.1) is 0 Å². The first-order chi connectivity index (χ1) is 12.2. The third-order valence-corrected chi connectivity index (χ3v) is 4.53. The Labute approximate surface area is 147 Å². The Morgan fingerprint density at radius 1 is 1.40 bits per heavy atom. The molecule has 3 heterocycles. The molecule has 0 saturated carbocycles. The summed E-state index contributed by atoms with van der Waals surface area (Å²) in [7, 11) is 1.92. The molecular weight excluding hydrogens is 320 g/mol. The van der Waals surface area contributed by atoms with E-state index in [0.717, 1.165) is 37.4 Å². The summed E-state index contributed by atoms with van der Waals surface area (Å²) in [6, 6.07) is 5.95. The van der Waals surface area contributed by atoms with Crippen molar-refractivity contribution >= 4 is 17.4 Å². The maximum atomic E-state index is 12.3. The number of aromatic nitrogens is 1. The van der Waals surface area contributed by atoms with Gasteiger partial charge >= 0.3 is 0 Å². The number of aliphatic hydroxyl groups excluding tert-OH is 1. The summed E-state index contributed by atoms with van der Waals surface area (Å²) in [4.78, 5) is 20.6. The second kappa shape index (κ2) is 8.02. The predicted molar refractivity (Wildman–Crippen MR) is 95.8 cm³/mol. The van der Waals surface area contributed by atoms with Gasteiger partial charge < -0.3 is 24.6 Å². The van der Waals surface area contributed by atoms with Crippen molar-refractivity contribution in [1.29, 1.82) is 0 Å². The lowest BCUT2D eigenvalue weighted by molar-refractivity contribution is 0.0717. The van der Waals surface area contributed by atoms with Gasteiger partial charge in [0.05, 0.1) is 30.3 Å². The molecule has 0 aromatic carbocycles. The molecule has 1 aliphatic heterocycles. The van der Waals surface area contributed by atoms with Crippen LogP contribution in [0.3, 0.4) is 0 Å². The van der Waals surface area contributed by atoms with Crippen LogP contribution in [0.2, 0.25) is 0 Å². The van der Waals surface area contributed by atoms with E-state index in [1.54, 1.807) is 12.3 Å². The summed E-state index contributed by atoms with van der Waals surface area (Å²) in [5.74, 6) is 0.863. The normalized spacial score (nSPS) is 15.2. The lowest BCUT2D eigenvalue weighted by Crippen LogP contribution is -2.42. The number of nitrogens with one attached hydrogen (secondary N) is 1. The van der Waals surface area contributed by atoms with Gasteiger partial charge in [0.15, 0.2) is 0 Å². The van der Waals surface area contributed by atoms with Gasteiger partial charge in [-0.25, -0.2) is 4.98 Å². The molecule has 134 valence electrons. The van der Waals surface area contributed by atoms with Crippen LogP contribution in [0.4, 0.5) is 11.5 Å². The number of nitrogens with zero attached hydrogens (tertiary/aromatic N) is 3. The second-order valence-electron chi connectivity index (χ2n) is 6.27. The van der Waals surface area contributed by atoms with Crippen molar-refractivity contribution in [2.45, 2.75) is 18.9 Å². The quantitative estimate of drug-likeness (QED) is 0.832. The summed E-state index contributed by atoms with van der Waals surface area (Å²) in [6.45, 7) is 2.14. The summed E-state index contributed by atoms with van der Waals surface area (Å²) in [5.41, 5.74) is 1.58. The van der Waals surface area contributed by atoms with Crippen LogP contribution >= 0.6 is 0 Å². The van der Waals surface area contributed by atoms with Gasteiger partial charge in [0, 0.05) is 32.7 Å². The molecule has 2 N–H and O–H groups in total. The molecule has 2 aromatic heterocycles. The highest BCUT2D eigenvalue weighted by molar-refractivity contribution is 5.93. The number of piperidine rings is 1. The molecule has 0 unspecified atom stereocenters. The fourth-order valence-corrected chi connectivity index (χ4v) is 2.98. The van der Waals surface area contributed by atoms with Crippen LogP contribution in [0.15, 0.2) is 41.3 Å². The minimum atomic E-state index is 0.0293. The lowest BCUT2D eigenvalue weighted by atomic mass is 10.0. The van der Waals surface area contributed by atoms with E-state index < -0.39 is 0 Å². The number of amides is 1. The highest BCUT2D eigenvalue weighted by atomic mass is 16.3. The van der Waals surface area contributed by atoms with Crippen LogP contribution in [0, 0.1) is 0 Å². The van der Waals surface area contributed by atoms with Crippen molar-refractivity contribution in [3.05, 3.63) is 42.5 Å². The van der Waals surface area contributed by atoms with E-state index in [0.29, 0.717) is 18.2 Å². The maximum Gasteiger partial charge on any atom is 0.257 e. The summed E-state index contributed by atoms with van der Waals surface area (Å²) >= 11 is 0. The van der Waals surface area contributed by atoms with E-state index in [1.165, 1.54) is 12.5 Å². The predicted octanol–water partition coefficient (Wildman–Crippen LogP) is 1.82. The average Bonchev–Trinajstić information content (AvgIpc) is 3.17. The molecule has 0 atom stereocenters. The minimum absolute atomic E-state index is 0.0293. The number of carbonyl (C=O) groups is 1. The first-order valence-electron chi connectivity index (χ1n) is 8.53. The van der Waals surface area contributed by atoms with Gasteiger partial charge in [-0.3, -0.25) is 4.79 Å². The molecule has 0 aliphatic carbocycles. The number of carbonyl (C=O) groups excluding carboxylic acids is 1. The van der Waals surface area contributed by atoms with Crippen molar-refractivity contribution in [3.63, 3.8) is 0 Å². The Morgan fingerprint density at radius 3 is 2.80 bits per heavy atom. The van der Waals surface area contributed by atoms with Crippen molar-refractivity contribution in [2.75, 3.05) is 43.5 Å². The molecular formula is C18H24N4O3. The van der Waals surface area contributed by atoms with E-state index >= 15 is 0 Å². The van der Waals surface area contributed by atoms with Gasteiger partial charge in [0.25, 0.3) is 5.91 Å². The molecule has 1 aliphatic rings. The number of likely N-dealkylation sites (tertiary alicyclic amines) is 1. The van der Waals surface area contributed by atoms with Crippen LogP contribution in [0.5, 0.6) is 0 Å². The third kappa shape index (κ3) is 4.30. The van der Waals surface area contributed by atoms with Crippen LogP contribution in [-0.4, -0.2) is 60.2 Å². The molecule has 7 heteroatoms. The van der Waals surface area contributed by atoms with E-state index in [2.05, 4.69) is 10.3 Å². The molecule has 1 fully saturated rings. The number of pyridine rings is 1. The minimum Gasteiger partial charge on any atom is -0.472 e. The van der Waals surface area contributed by atoms with E-state index in [9.17, 15) is 4.79 Å². The third-order valence-electron chi connectivity index (χ3n) is 4.53. The number of anilines is 2. The Balaban J connectivity index is 1.49. The Kier molecular flexibility index (Phi) is 5.55. The molecule has 7 nitrogen and oxygen atoms in total. The monoisotopic (exact) mass is 344 g/mol. The fourth-order valence-electron chi connectivity index (χ4n) is 2.98. The maximum absolute atomic E-state index is 12.3. The molecule has 1 saturated heterocycles. The highest BCUT2D eigenvalue weighted by Crippen LogP contribution is 2.19. The first kappa shape index (κ1) is 17.3. The number of hydrogen-bond acceptors (Lipinski definition) is 6. The molecule has 25 heavy (non-hydrogen) atoms. The zero-order valence-electron chi connectivity index (χ0n) is 14.4. The van der Waals surface area contributed by atoms with Crippen molar-refractivity contribution < 1.29 is 14.3 Å². The van der Waals surface area contributed by atoms with Gasteiger partial charge in [-0.1, -0.05) is 0 Å². The van der Waals surface area contributed by atoms with Crippen LogP contribution in [-0.2, 0) is 0 Å². The van der Waals surface area contributed by atoms with Crippen molar-refractivity contribution in [1.82, 2.24) is 9.88 Å². The van der Waals surface area contributed by atoms with Crippen LogP contribution in [0.25, 0.3) is 0 Å². The van der Waals surface area contributed by atoms with Crippen molar-refractivity contribution in [3.8, 4) is 0 Å². The standard InChI is InChI=1S/C18H24N4O3/c1-21(9-10-23)16-2-3-17(19-12-16)20-15-4-7-22(8-5-15)18(24)14-6-11-25-13-14/h2-3,6,11-13,15,23H,4-5,7-10H2,1H3,(H,19,20). The fraction of sp³-hybridized carbons (Fsp3) is 0.444. The number of hydrogen-bond donors (Lipinski definition) is 2. The molecule has 3 rings (SSSR count). The van der Waals surface area contributed by atoms with E-state index in [4.69, 9.17) is 9.52 Å². The molecule has 0 bridgehead atoms. The van der Waals surface area contributed by atoms with E-state index in [-0.39, 0.29) is 12.5 Å². The molecule has 2 aromatic rings. The molecule has 0 radical (unpaired) electrons. The largest absolute Gasteiger partial charge is 0.472 e. The first-order valence-corrected chi connectivity index (χ1v) is 8.53. The van der Waals surface area contributed by atoms with Crippen molar-refractivity contribution in [2.24, 2.45) is 0 Å². The number of rotatable bonds is 6. The number of likely N-dealkylation sites (N-methyl/N-ethyl adjacent to an activating group) is 1. The Bertz CT molecular complexity index is 664. The van der Waals surface area contributed by atoms with Gasteiger partial charge in [0.1, 0.15) is 12.1 Å². The summed E-state index contributed by atoms with van der Waals surface area (Å²) < 4.78 is 4.98. The van der Waals surface area contributed by atoms with Crippen LogP contribution in [0.1, 0.15) is 23.2 Å². The van der Waals surface area contributed by atoms with Crippen LogP contribution < -0.4 is 10.2 Å². The topological polar surface area (TPSA) is 81.8 Å². The van der Waals surface area contributed by atoms with Gasteiger partial charge in [0.2, 0.25) is 0 Å². The second-order valence-corrected chi connectivity index (χ2v) is 6.27. The van der Waals surface area contributed by atoms with Gasteiger partial charge in [-0.05, 0) is 31.0 Å². The molecule has 0 spiro atoms. The number of furan rings is 1. The zero-order chi connectivity index (χ0) is 17.6. The number of aliphatic hydroxyl groups is 1.